The van der Waals surface area contributed by atoms with Crippen molar-refractivity contribution in [3.63, 3.8) is 0 Å². The summed E-state index contributed by atoms with van der Waals surface area (Å²) < 4.78 is 12.4. The van der Waals surface area contributed by atoms with Gasteiger partial charge in [-0.25, -0.2) is 0 Å². The zero-order valence-electron chi connectivity index (χ0n) is 22.3. The second kappa shape index (κ2) is 14.1. The Balaban J connectivity index is 1.30. The van der Waals surface area contributed by atoms with E-state index in [1.54, 1.807) is 12.4 Å². The van der Waals surface area contributed by atoms with Gasteiger partial charge in [-0.05, 0) is 111 Å². The van der Waals surface area contributed by atoms with Crippen LogP contribution in [0.2, 0.25) is 0 Å². The summed E-state index contributed by atoms with van der Waals surface area (Å²) in [5.74, 6) is 1.87. The zero-order chi connectivity index (χ0) is 25.9. The minimum Gasteiger partial charge on any atom is -0.493 e. The molecule has 0 bridgehead atoms. The van der Waals surface area contributed by atoms with Crippen LogP contribution in [0.4, 0.5) is 0 Å². The number of benzene rings is 2. The summed E-state index contributed by atoms with van der Waals surface area (Å²) in [4.78, 5) is 6.58. The summed E-state index contributed by atoms with van der Waals surface area (Å²) >= 11 is 0. The number of aliphatic hydroxyl groups excluding tert-OH is 1. The lowest BCUT2D eigenvalue weighted by atomic mass is 9.95. The number of hydrogen-bond donors (Lipinski definition) is 2. The number of hydrogen-bond acceptors (Lipinski definition) is 6. The van der Waals surface area contributed by atoms with Crippen LogP contribution in [0.15, 0.2) is 60.9 Å². The van der Waals surface area contributed by atoms with Crippen molar-refractivity contribution in [2.45, 2.75) is 45.6 Å². The Morgan fingerprint density at radius 3 is 2.05 bits per heavy atom. The molecule has 37 heavy (non-hydrogen) atoms. The van der Waals surface area contributed by atoms with Crippen molar-refractivity contribution in [2.75, 3.05) is 46.0 Å². The monoisotopic (exact) mass is 503 g/mol. The Labute approximate surface area is 221 Å². The van der Waals surface area contributed by atoms with Crippen LogP contribution in [-0.4, -0.2) is 61.0 Å². The average molecular weight is 504 g/mol. The minimum atomic E-state index is -0.0919. The Hall–Kier alpha value is -2.93. The molecule has 1 aliphatic rings. The summed E-state index contributed by atoms with van der Waals surface area (Å²) in [6.07, 6.45) is 8.05. The molecule has 6 heteroatoms. The van der Waals surface area contributed by atoms with Crippen molar-refractivity contribution in [3.05, 3.63) is 77.6 Å². The lowest BCUT2D eigenvalue weighted by Gasteiger charge is -2.18. The van der Waals surface area contributed by atoms with Gasteiger partial charge in [-0.3, -0.25) is 4.98 Å². The molecule has 1 aliphatic heterocycles. The van der Waals surface area contributed by atoms with Gasteiger partial charge in [0.05, 0.1) is 25.9 Å². The fourth-order valence-corrected chi connectivity index (χ4v) is 5.02. The number of nitrogens with zero attached hydrogens (tertiary/aromatic N) is 2. The maximum atomic E-state index is 9.71. The summed E-state index contributed by atoms with van der Waals surface area (Å²) in [6, 6.07) is 16.3. The van der Waals surface area contributed by atoms with E-state index in [-0.39, 0.29) is 12.6 Å². The second-order valence-corrected chi connectivity index (χ2v) is 9.78. The molecular formula is C31H41N3O3. The van der Waals surface area contributed by atoms with Crippen LogP contribution in [0.3, 0.4) is 0 Å². The molecule has 1 fully saturated rings. The highest BCUT2D eigenvalue weighted by Gasteiger charge is 2.14. The van der Waals surface area contributed by atoms with Gasteiger partial charge in [0.2, 0.25) is 0 Å². The molecule has 6 nitrogen and oxygen atoms in total. The lowest BCUT2D eigenvalue weighted by molar-refractivity contribution is 0.238. The average Bonchev–Trinajstić information content (AvgIpc) is 3.45. The van der Waals surface area contributed by atoms with Crippen molar-refractivity contribution >= 4 is 0 Å². The molecule has 0 amide bonds. The van der Waals surface area contributed by atoms with Crippen molar-refractivity contribution in [1.82, 2.24) is 15.2 Å². The van der Waals surface area contributed by atoms with E-state index < -0.39 is 0 Å². The first-order valence-electron chi connectivity index (χ1n) is 13.6. The summed E-state index contributed by atoms with van der Waals surface area (Å²) in [5.41, 5.74) is 5.70. The first-order chi connectivity index (χ1) is 18.2. The third-order valence-corrected chi connectivity index (χ3v) is 7.19. The zero-order valence-corrected chi connectivity index (χ0v) is 22.3. The van der Waals surface area contributed by atoms with Crippen molar-refractivity contribution in [3.8, 4) is 22.6 Å². The number of rotatable bonds is 14. The molecule has 1 atom stereocenters. The van der Waals surface area contributed by atoms with Gasteiger partial charge in [-0.2, -0.15) is 0 Å². The van der Waals surface area contributed by atoms with Crippen LogP contribution in [0.5, 0.6) is 11.5 Å². The van der Waals surface area contributed by atoms with E-state index in [4.69, 9.17) is 9.47 Å². The smallest absolute Gasteiger partial charge is 0.122 e. The first kappa shape index (κ1) is 27.1. The molecule has 198 valence electrons. The van der Waals surface area contributed by atoms with Gasteiger partial charge in [0.15, 0.2) is 0 Å². The number of likely N-dealkylation sites (tertiary alicyclic amines) is 1. The molecule has 0 radical (unpaired) electrons. The van der Waals surface area contributed by atoms with Crippen molar-refractivity contribution in [2.24, 2.45) is 0 Å². The largest absolute Gasteiger partial charge is 0.493 e. The first-order valence-corrected chi connectivity index (χ1v) is 13.6. The predicted octanol–water partition coefficient (Wildman–Crippen LogP) is 5.32. The normalized spacial score (nSPS) is 14.6. The van der Waals surface area contributed by atoms with Crippen LogP contribution in [0, 0.1) is 13.8 Å². The van der Waals surface area contributed by atoms with E-state index in [1.165, 1.54) is 42.6 Å². The molecule has 1 unspecified atom stereocenters. The Kier molecular flexibility index (Phi) is 10.4. The molecule has 1 saturated heterocycles. The molecule has 3 aromatic rings. The van der Waals surface area contributed by atoms with E-state index in [0.717, 1.165) is 55.2 Å². The maximum Gasteiger partial charge on any atom is 0.122 e. The maximum absolute atomic E-state index is 9.71. The SMILES string of the molecule is Cc1c(OCCCNC(CO)c2ccncc2)cccc1-c1cccc(OCCCN2CCCC2)c1C. The van der Waals surface area contributed by atoms with Crippen LogP contribution < -0.4 is 14.8 Å². The second-order valence-electron chi connectivity index (χ2n) is 9.78. The Bertz CT molecular complexity index is 1100. The van der Waals surface area contributed by atoms with Gasteiger partial charge < -0.3 is 24.8 Å². The summed E-state index contributed by atoms with van der Waals surface area (Å²) in [5, 5.41) is 13.1. The third-order valence-electron chi connectivity index (χ3n) is 7.19. The highest BCUT2D eigenvalue weighted by atomic mass is 16.5. The highest BCUT2D eigenvalue weighted by Crippen LogP contribution is 2.35. The third kappa shape index (κ3) is 7.54. The van der Waals surface area contributed by atoms with Crippen LogP contribution in [-0.2, 0) is 0 Å². The fraction of sp³-hybridized carbons (Fsp3) is 0.452. The van der Waals surface area contributed by atoms with Gasteiger partial charge in [0.1, 0.15) is 11.5 Å². The fourth-order valence-electron chi connectivity index (χ4n) is 5.02. The quantitative estimate of drug-likeness (QED) is 0.290. The van der Waals surface area contributed by atoms with E-state index in [9.17, 15) is 5.11 Å². The van der Waals surface area contributed by atoms with Gasteiger partial charge in [0, 0.05) is 18.9 Å². The van der Waals surface area contributed by atoms with Gasteiger partial charge in [0.25, 0.3) is 0 Å². The van der Waals surface area contributed by atoms with E-state index in [2.05, 4.69) is 59.4 Å². The molecule has 1 aromatic heterocycles. The highest BCUT2D eigenvalue weighted by molar-refractivity contribution is 5.74. The Morgan fingerprint density at radius 1 is 0.865 bits per heavy atom. The number of pyridine rings is 1. The van der Waals surface area contributed by atoms with Gasteiger partial charge >= 0.3 is 0 Å². The topological polar surface area (TPSA) is 66.8 Å². The molecule has 2 N–H and O–H groups in total. The van der Waals surface area contributed by atoms with Crippen molar-refractivity contribution in [1.29, 1.82) is 0 Å². The standard InChI is InChI=1S/C31H41N3O3/c1-24-27(28-10-6-12-31(25(28)2)37-22-8-20-34-18-3-4-19-34)9-5-11-30(24)36-21-7-15-33-29(23-35)26-13-16-32-17-14-26/h5-6,9-14,16-17,29,33,35H,3-4,7-8,15,18-23H2,1-2H3. The Morgan fingerprint density at radius 2 is 1.46 bits per heavy atom. The number of aromatic nitrogens is 1. The summed E-state index contributed by atoms with van der Waals surface area (Å²) in [7, 11) is 0. The molecule has 2 aromatic carbocycles. The van der Waals surface area contributed by atoms with Crippen LogP contribution in [0.25, 0.3) is 11.1 Å². The van der Waals surface area contributed by atoms with Crippen molar-refractivity contribution < 1.29 is 14.6 Å². The van der Waals surface area contributed by atoms with E-state index >= 15 is 0 Å². The lowest BCUT2D eigenvalue weighted by Crippen LogP contribution is -2.26. The molecule has 4 rings (SSSR count). The van der Waals surface area contributed by atoms with E-state index in [1.807, 2.05) is 18.2 Å². The summed E-state index contributed by atoms with van der Waals surface area (Å²) in [6.45, 7) is 10.0. The number of ether oxygens (including phenoxy) is 2. The number of aliphatic hydroxyl groups is 1. The van der Waals surface area contributed by atoms with Crippen LogP contribution in [0.1, 0.15) is 48.4 Å². The predicted molar refractivity (Wildman–Crippen MR) is 149 cm³/mol. The molecule has 0 saturated carbocycles. The molecule has 0 spiro atoms. The van der Waals surface area contributed by atoms with Gasteiger partial charge in [-0.1, -0.05) is 24.3 Å². The molecule has 0 aliphatic carbocycles. The van der Waals surface area contributed by atoms with Crippen LogP contribution >= 0.6 is 0 Å². The molecular weight excluding hydrogens is 462 g/mol. The van der Waals surface area contributed by atoms with Gasteiger partial charge in [-0.15, -0.1) is 0 Å². The molecule has 2 heterocycles. The minimum absolute atomic E-state index is 0.0482. The van der Waals surface area contributed by atoms with E-state index in [0.29, 0.717) is 6.61 Å². The number of nitrogens with one attached hydrogen (secondary N) is 1.